The summed E-state index contributed by atoms with van der Waals surface area (Å²) in [6.07, 6.45) is 6.07. The lowest BCUT2D eigenvalue weighted by Crippen LogP contribution is -2.14. The Kier molecular flexibility index (Phi) is 3.35. The summed E-state index contributed by atoms with van der Waals surface area (Å²) in [6.45, 7) is 2.16. The van der Waals surface area contributed by atoms with E-state index in [0.717, 1.165) is 18.5 Å². The van der Waals surface area contributed by atoms with Crippen LogP contribution in [0.5, 0.6) is 0 Å². The number of anilines is 2. The number of aryl methyl sites for hydroxylation is 2. The summed E-state index contributed by atoms with van der Waals surface area (Å²) in [4.78, 5) is 6.38. The van der Waals surface area contributed by atoms with Crippen LogP contribution in [-0.2, 0) is 6.42 Å². The van der Waals surface area contributed by atoms with Crippen LogP contribution in [0.25, 0.3) is 0 Å². The average molecular weight is 267 g/mol. The molecule has 1 heterocycles. The Bertz CT molecular complexity index is 619. The minimum absolute atomic E-state index is 0.396. The van der Waals surface area contributed by atoms with Gasteiger partial charge in [-0.1, -0.05) is 23.8 Å². The fourth-order valence-corrected chi connectivity index (χ4v) is 2.95. The number of fused-ring (bicyclic) bond motifs is 1. The molecule has 0 aliphatic heterocycles. The first-order valence-electron chi connectivity index (χ1n) is 7.12. The second kappa shape index (κ2) is 5.16. The molecular weight excluding hydrogens is 246 g/mol. The van der Waals surface area contributed by atoms with Crippen molar-refractivity contribution in [2.75, 3.05) is 24.3 Å². The molecule has 1 N–H and O–H groups in total. The van der Waals surface area contributed by atoms with E-state index in [-0.39, 0.29) is 0 Å². The van der Waals surface area contributed by atoms with Gasteiger partial charge in [-0.15, -0.1) is 0 Å². The molecule has 0 saturated carbocycles. The van der Waals surface area contributed by atoms with E-state index in [1.807, 2.05) is 12.4 Å². The smallest absolute Gasteiger partial charge is 0.0769 e. The molecule has 104 valence electrons. The number of hydrogen-bond acceptors (Lipinski definition) is 3. The zero-order chi connectivity index (χ0) is 14.1. The second-order valence-corrected chi connectivity index (χ2v) is 5.73. The van der Waals surface area contributed by atoms with E-state index >= 15 is 0 Å². The van der Waals surface area contributed by atoms with Crippen LogP contribution >= 0.6 is 0 Å². The van der Waals surface area contributed by atoms with Crippen molar-refractivity contribution in [3.63, 3.8) is 0 Å². The zero-order valence-electron chi connectivity index (χ0n) is 12.4. The van der Waals surface area contributed by atoms with Crippen molar-refractivity contribution >= 4 is 11.4 Å². The zero-order valence-corrected chi connectivity index (χ0v) is 12.4. The van der Waals surface area contributed by atoms with Gasteiger partial charge in [0, 0.05) is 20.3 Å². The first kappa shape index (κ1) is 13.0. The van der Waals surface area contributed by atoms with Gasteiger partial charge in [0.1, 0.15) is 0 Å². The molecule has 0 saturated heterocycles. The lowest BCUT2D eigenvalue weighted by atomic mass is 10.0. The lowest BCUT2D eigenvalue weighted by molar-refractivity contribution is 0.760. The van der Waals surface area contributed by atoms with Gasteiger partial charge in [0.25, 0.3) is 0 Å². The second-order valence-electron chi connectivity index (χ2n) is 5.73. The molecule has 3 heteroatoms. The number of nitrogens with zero attached hydrogens (tertiary/aromatic N) is 2. The maximum atomic E-state index is 4.25. The van der Waals surface area contributed by atoms with Gasteiger partial charge in [-0.2, -0.15) is 0 Å². The van der Waals surface area contributed by atoms with Crippen LogP contribution in [0, 0.1) is 6.92 Å². The van der Waals surface area contributed by atoms with Crippen molar-refractivity contribution in [3.8, 4) is 0 Å². The molecule has 0 radical (unpaired) electrons. The quantitative estimate of drug-likeness (QED) is 0.921. The average Bonchev–Trinajstić information content (AvgIpc) is 2.82. The van der Waals surface area contributed by atoms with Gasteiger partial charge in [0.05, 0.1) is 23.6 Å². The number of hydrogen-bond donors (Lipinski definition) is 1. The molecule has 0 bridgehead atoms. The first-order valence-corrected chi connectivity index (χ1v) is 7.12. The summed E-state index contributed by atoms with van der Waals surface area (Å²) in [7, 11) is 4.13. The minimum atomic E-state index is 0.396. The van der Waals surface area contributed by atoms with E-state index in [1.54, 1.807) is 0 Å². The summed E-state index contributed by atoms with van der Waals surface area (Å²) < 4.78 is 0. The van der Waals surface area contributed by atoms with E-state index in [2.05, 4.69) is 60.5 Å². The molecule has 1 aliphatic rings. The van der Waals surface area contributed by atoms with Crippen molar-refractivity contribution in [1.29, 1.82) is 0 Å². The number of aromatic nitrogens is 1. The topological polar surface area (TPSA) is 28.2 Å². The molecule has 0 fully saturated rings. The van der Waals surface area contributed by atoms with Crippen molar-refractivity contribution < 1.29 is 0 Å². The fraction of sp³-hybridized carbons (Fsp3) is 0.353. The molecule has 0 spiro atoms. The summed E-state index contributed by atoms with van der Waals surface area (Å²) >= 11 is 0. The van der Waals surface area contributed by atoms with Crippen LogP contribution in [0.15, 0.2) is 36.7 Å². The maximum Gasteiger partial charge on any atom is 0.0769 e. The third kappa shape index (κ3) is 2.36. The highest BCUT2D eigenvalue weighted by atomic mass is 15.1. The molecular formula is C17H21N3. The highest BCUT2D eigenvalue weighted by Gasteiger charge is 2.23. The van der Waals surface area contributed by atoms with E-state index in [1.165, 1.54) is 22.4 Å². The van der Waals surface area contributed by atoms with Gasteiger partial charge < -0.3 is 10.2 Å². The normalized spacial score (nSPS) is 16.9. The Balaban J connectivity index is 1.89. The van der Waals surface area contributed by atoms with Crippen LogP contribution in [0.3, 0.4) is 0 Å². The largest absolute Gasteiger partial charge is 0.376 e. The molecule has 2 aromatic rings. The third-order valence-corrected chi connectivity index (χ3v) is 3.99. The van der Waals surface area contributed by atoms with E-state index in [0.29, 0.717) is 6.04 Å². The van der Waals surface area contributed by atoms with Crippen molar-refractivity contribution in [1.82, 2.24) is 4.98 Å². The van der Waals surface area contributed by atoms with Crippen LogP contribution < -0.4 is 10.2 Å². The molecule has 3 nitrogen and oxygen atoms in total. The molecule has 1 unspecified atom stereocenters. The van der Waals surface area contributed by atoms with Gasteiger partial charge in [-0.3, -0.25) is 4.98 Å². The summed E-state index contributed by atoms with van der Waals surface area (Å²) in [6, 6.07) is 9.23. The van der Waals surface area contributed by atoms with Crippen LogP contribution in [0.1, 0.15) is 29.2 Å². The molecule has 1 aromatic carbocycles. The van der Waals surface area contributed by atoms with Gasteiger partial charge in [0.2, 0.25) is 0 Å². The SMILES string of the molecule is Cc1ccc2c(c1)C(Nc1cnccc1N(C)C)CC2. The van der Waals surface area contributed by atoms with Crippen molar-refractivity contribution in [2.24, 2.45) is 0 Å². The maximum absolute atomic E-state index is 4.25. The summed E-state index contributed by atoms with van der Waals surface area (Å²) in [5.74, 6) is 0. The predicted octanol–water partition coefficient (Wildman–Crippen LogP) is 3.56. The summed E-state index contributed by atoms with van der Waals surface area (Å²) in [5, 5.41) is 3.67. The van der Waals surface area contributed by atoms with Crippen LogP contribution in [-0.4, -0.2) is 19.1 Å². The van der Waals surface area contributed by atoms with E-state index in [9.17, 15) is 0 Å². The molecule has 1 atom stereocenters. The Morgan fingerprint density at radius 1 is 1.25 bits per heavy atom. The van der Waals surface area contributed by atoms with Crippen LogP contribution in [0.4, 0.5) is 11.4 Å². The standard InChI is InChI=1S/C17H21N3/c1-12-4-5-13-6-7-15(14(13)10-12)19-16-11-18-9-8-17(16)20(2)3/h4-5,8-11,15,19H,6-7H2,1-3H3. The predicted molar refractivity (Wildman–Crippen MR) is 84.4 cm³/mol. The number of nitrogens with one attached hydrogen (secondary N) is 1. The highest BCUT2D eigenvalue weighted by Crippen LogP contribution is 2.36. The van der Waals surface area contributed by atoms with Gasteiger partial charge in [-0.05, 0) is 37.0 Å². The molecule has 0 amide bonds. The lowest BCUT2D eigenvalue weighted by Gasteiger charge is -2.21. The first-order chi connectivity index (χ1) is 9.65. The number of rotatable bonds is 3. The third-order valence-electron chi connectivity index (χ3n) is 3.99. The molecule has 1 aliphatic carbocycles. The molecule has 1 aromatic heterocycles. The Labute approximate surface area is 120 Å². The number of benzene rings is 1. The monoisotopic (exact) mass is 267 g/mol. The van der Waals surface area contributed by atoms with Gasteiger partial charge in [-0.25, -0.2) is 0 Å². The van der Waals surface area contributed by atoms with Crippen molar-refractivity contribution in [2.45, 2.75) is 25.8 Å². The van der Waals surface area contributed by atoms with E-state index in [4.69, 9.17) is 0 Å². The minimum Gasteiger partial charge on any atom is -0.376 e. The highest BCUT2D eigenvalue weighted by molar-refractivity contribution is 5.69. The Morgan fingerprint density at radius 2 is 2.10 bits per heavy atom. The molecule has 20 heavy (non-hydrogen) atoms. The Hall–Kier alpha value is -2.03. The van der Waals surface area contributed by atoms with Gasteiger partial charge >= 0.3 is 0 Å². The van der Waals surface area contributed by atoms with Gasteiger partial charge in [0.15, 0.2) is 0 Å². The van der Waals surface area contributed by atoms with Crippen LogP contribution in [0.2, 0.25) is 0 Å². The number of pyridine rings is 1. The van der Waals surface area contributed by atoms with Crippen molar-refractivity contribution in [3.05, 3.63) is 53.3 Å². The fourth-order valence-electron chi connectivity index (χ4n) is 2.95. The molecule has 3 rings (SSSR count). The van der Waals surface area contributed by atoms with E-state index < -0.39 is 0 Å². The Morgan fingerprint density at radius 3 is 2.90 bits per heavy atom. The summed E-state index contributed by atoms with van der Waals surface area (Å²) in [5.41, 5.74) is 6.54.